The van der Waals surface area contributed by atoms with Gasteiger partial charge in [0.1, 0.15) is 0 Å². The Bertz CT molecular complexity index is 563. The number of carbonyl (C=O) groups is 1. The summed E-state index contributed by atoms with van der Waals surface area (Å²) in [4.78, 5) is 13.8. The maximum absolute atomic E-state index is 12.5. The van der Waals surface area contributed by atoms with Crippen LogP contribution >= 0.6 is 11.8 Å². The first-order chi connectivity index (χ1) is 10.5. The molecule has 0 heterocycles. The lowest BCUT2D eigenvalue weighted by atomic mass is 9.92. The van der Waals surface area contributed by atoms with E-state index in [0.717, 1.165) is 6.42 Å². The summed E-state index contributed by atoms with van der Waals surface area (Å²) in [6.07, 6.45) is 6.72. The molecule has 0 aliphatic heterocycles. The van der Waals surface area contributed by atoms with Crippen molar-refractivity contribution in [3.05, 3.63) is 42.0 Å². The van der Waals surface area contributed by atoms with Crippen molar-refractivity contribution in [2.24, 2.45) is 17.8 Å². The summed E-state index contributed by atoms with van der Waals surface area (Å²) in [5.41, 5.74) is 1.18. The van der Waals surface area contributed by atoms with Gasteiger partial charge in [0.25, 0.3) is 0 Å². The summed E-state index contributed by atoms with van der Waals surface area (Å²) in [6, 6.07) is 8.66. The zero-order chi connectivity index (χ0) is 15.7. The highest BCUT2D eigenvalue weighted by Gasteiger charge is 2.39. The summed E-state index contributed by atoms with van der Waals surface area (Å²) < 4.78 is 0. The van der Waals surface area contributed by atoms with E-state index in [-0.39, 0.29) is 17.9 Å². The van der Waals surface area contributed by atoms with Crippen LogP contribution in [0.25, 0.3) is 0 Å². The molecular weight excluding hydrogens is 290 g/mol. The topological polar surface area (TPSA) is 29.1 Å². The second-order valence-corrected chi connectivity index (χ2v) is 8.50. The molecule has 22 heavy (non-hydrogen) atoms. The van der Waals surface area contributed by atoms with Gasteiger partial charge in [0, 0.05) is 16.1 Å². The first-order valence-corrected chi connectivity index (χ1v) is 9.16. The van der Waals surface area contributed by atoms with Crippen molar-refractivity contribution < 1.29 is 4.79 Å². The highest BCUT2D eigenvalue weighted by atomic mass is 32.2. The lowest BCUT2D eigenvalue weighted by molar-refractivity contribution is -0.126. The molecule has 2 aliphatic carbocycles. The average Bonchev–Trinajstić information content (AvgIpc) is 3.10. The number of carbonyl (C=O) groups excluding carboxylic acids is 1. The van der Waals surface area contributed by atoms with Gasteiger partial charge in [0.05, 0.1) is 6.04 Å². The Hall–Kier alpha value is -1.22. The molecule has 1 aromatic rings. The Morgan fingerprint density at radius 1 is 1.14 bits per heavy atom. The van der Waals surface area contributed by atoms with Crippen LogP contribution in [-0.2, 0) is 4.79 Å². The van der Waals surface area contributed by atoms with Gasteiger partial charge in [-0.15, -0.1) is 11.8 Å². The van der Waals surface area contributed by atoms with Crippen LogP contribution in [0, 0.1) is 17.8 Å². The number of benzene rings is 1. The molecule has 0 radical (unpaired) electrons. The maximum Gasteiger partial charge on any atom is 0.224 e. The second-order valence-electron chi connectivity index (χ2n) is 6.85. The Morgan fingerprint density at radius 2 is 1.86 bits per heavy atom. The molecule has 1 amide bonds. The van der Waals surface area contributed by atoms with Crippen LogP contribution < -0.4 is 5.32 Å². The molecule has 0 aromatic heterocycles. The summed E-state index contributed by atoms with van der Waals surface area (Å²) >= 11 is 1.87. The number of hydrogen-bond acceptors (Lipinski definition) is 2. The summed E-state index contributed by atoms with van der Waals surface area (Å²) in [6.45, 7) is 6.47. The number of thioether (sulfide) groups is 1. The number of rotatable bonds is 5. The first-order valence-electron chi connectivity index (χ1n) is 8.28. The van der Waals surface area contributed by atoms with Gasteiger partial charge in [0.2, 0.25) is 5.91 Å². The molecule has 4 unspecified atom stereocenters. The molecule has 0 spiro atoms. The van der Waals surface area contributed by atoms with Crippen molar-refractivity contribution in [3.63, 3.8) is 0 Å². The SMILES string of the molecule is CC(C)Sc1ccc(C(C)NC(=O)C2CC3C=CC2C3)cc1. The molecule has 118 valence electrons. The van der Waals surface area contributed by atoms with Gasteiger partial charge >= 0.3 is 0 Å². The summed E-state index contributed by atoms with van der Waals surface area (Å²) in [5.74, 6) is 1.53. The zero-order valence-electron chi connectivity index (χ0n) is 13.6. The van der Waals surface area contributed by atoms with Crippen molar-refractivity contribution in [1.82, 2.24) is 5.32 Å². The Labute approximate surface area is 137 Å². The van der Waals surface area contributed by atoms with E-state index in [2.05, 4.69) is 62.5 Å². The number of allylic oxidation sites excluding steroid dienone is 2. The van der Waals surface area contributed by atoms with Crippen molar-refractivity contribution in [2.45, 2.75) is 49.8 Å². The van der Waals surface area contributed by atoms with E-state index in [1.54, 1.807) is 0 Å². The van der Waals surface area contributed by atoms with Crippen LogP contribution in [0.3, 0.4) is 0 Å². The predicted molar refractivity (Wildman–Crippen MR) is 92.8 cm³/mol. The molecule has 2 bridgehead atoms. The maximum atomic E-state index is 12.5. The average molecular weight is 315 g/mol. The molecular formula is C19H25NOS. The third-order valence-electron chi connectivity index (χ3n) is 4.73. The molecule has 3 rings (SSSR count). The van der Waals surface area contributed by atoms with Crippen LogP contribution in [0.2, 0.25) is 0 Å². The van der Waals surface area contributed by atoms with Gasteiger partial charge in [-0.1, -0.05) is 38.1 Å². The first kappa shape index (κ1) is 15.7. The molecule has 3 heteroatoms. The largest absolute Gasteiger partial charge is 0.349 e. The van der Waals surface area contributed by atoms with Crippen LogP contribution in [0.4, 0.5) is 0 Å². The van der Waals surface area contributed by atoms with Crippen LogP contribution in [0.1, 0.15) is 45.2 Å². The number of amides is 1. The fourth-order valence-corrected chi connectivity index (χ4v) is 4.43. The minimum absolute atomic E-state index is 0.0775. The fraction of sp³-hybridized carbons (Fsp3) is 0.526. The summed E-state index contributed by atoms with van der Waals surface area (Å²) in [7, 11) is 0. The highest BCUT2D eigenvalue weighted by molar-refractivity contribution is 7.99. The highest BCUT2D eigenvalue weighted by Crippen LogP contribution is 2.43. The lowest BCUT2D eigenvalue weighted by Gasteiger charge is -2.21. The monoisotopic (exact) mass is 315 g/mol. The standard InChI is InChI=1S/C19H25NOS/c1-12(2)22-17-8-6-15(7-9-17)13(3)20-19(21)18-11-14-4-5-16(18)10-14/h4-9,12-14,16,18H,10-11H2,1-3H3,(H,20,21). The van der Waals surface area contributed by atoms with Gasteiger partial charge in [-0.3, -0.25) is 4.79 Å². The predicted octanol–water partition coefficient (Wildman–Crippen LogP) is 4.58. The van der Waals surface area contributed by atoms with E-state index in [9.17, 15) is 4.79 Å². The molecule has 1 N–H and O–H groups in total. The number of hydrogen-bond donors (Lipinski definition) is 1. The molecule has 1 saturated carbocycles. The molecule has 0 saturated heterocycles. The lowest BCUT2D eigenvalue weighted by Crippen LogP contribution is -2.34. The van der Waals surface area contributed by atoms with Gasteiger partial charge in [-0.25, -0.2) is 0 Å². The van der Waals surface area contributed by atoms with Crippen molar-refractivity contribution in [2.75, 3.05) is 0 Å². The van der Waals surface area contributed by atoms with E-state index < -0.39 is 0 Å². The molecule has 1 aromatic carbocycles. The van der Waals surface area contributed by atoms with Crippen molar-refractivity contribution in [3.8, 4) is 0 Å². The number of nitrogens with one attached hydrogen (secondary N) is 1. The van der Waals surface area contributed by atoms with Gasteiger partial charge in [-0.05, 0) is 49.3 Å². The van der Waals surface area contributed by atoms with Crippen LogP contribution in [0.5, 0.6) is 0 Å². The quantitative estimate of drug-likeness (QED) is 0.636. The third-order valence-corrected chi connectivity index (χ3v) is 5.74. The van der Waals surface area contributed by atoms with E-state index >= 15 is 0 Å². The van der Waals surface area contributed by atoms with Crippen LogP contribution in [0.15, 0.2) is 41.3 Å². The number of fused-ring (bicyclic) bond motifs is 2. The third kappa shape index (κ3) is 3.40. The second kappa shape index (κ2) is 6.49. The van der Waals surface area contributed by atoms with Gasteiger partial charge in [0.15, 0.2) is 0 Å². The van der Waals surface area contributed by atoms with E-state index in [0.29, 0.717) is 17.1 Å². The fourth-order valence-electron chi connectivity index (χ4n) is 3.59. The minimum atomic E-state index is 0.0775. The smallest absolute Gasteiger partial charge is 0.224 e. The molecule has 2 nitrogen and oxygen atoms in total. The minimum Gasteiger partial charge on any atom is -0.349 e. The van der Waals surface area contributed by atoms with E-state index in [4.69, 9.17) is 0 Å². The van der Waals surface area contributed by atoms with Crippen LogP contribution in [-0.4, -0.2) is 11.2 Å². The van der Waals surface area contributed by atoms with Crippen molar-refractivity contribution in [1.29, 1.82) is 0 Å². The normalized spacial score (nSPS) is 27.4. The Morgan fingerprint density at radius 3 is 2.41 bits per heavy atom. The Balaban J connectivity index is 1.58. The van der Waals surface area contributed by atoms with E-state index in [1.165, 1.54) is 16.9 Å². The van der Waals surface area contributed by atoms with Gasteiger partial charge < -0.3 is 5.32 Å². The van der Waals surface area contributed by atoms with Gasteiger partial charge in [-0.2, -0.15) is 0 Å². The molecule has 2 aliphatic rings. The van der Waals surface area contributed by atoms with Crippen molar-refractivity contribution >= 4 is 17.7 Å². The molecule has 4 atom stereocenters. The molecule has 1 fully saturated rings. The summed E-state index contributed by atoms with van der Waals surface area (Å²) in [5, 5.41) is 3.80. The zero-order valence-corrected chi connectivity index (χ0v) is 14.4. The Kier molecular flexibility index (Phi) is 4.62. The van der Waals surface area contributed by atoms with E-state index in [1.807, 2.05) is 11.8 Å².